The zero-order valence-electron chi connectivity index (χ0n) is 10.9. The number of rotatable bonds is 5. The fourth-order valence-corrected chi connectivity index (χ4v) is 1.28. The van der Waals surface area contributed by atoms with Crippen LogP contribution in [0.1, 0.15) is 38.2 Å². The van der Waals surface area contributed by atoms with Crippen molar-refractivity contribution in [1.82, 2.24) is 9.97 Å². The Morgan fingerprint density at radius 3 is 2.59 bits per heavy atom. The summed E-state index contributed by atoms with van der Waals surface area (Å²) in [6, 6.07) is 1.82. The topological polar surface area (TPSA) is 78.3 Å². The Morgan fingerprint density at radius 2 is 2.06 bits per heavy atom. The van der Waals surface area contributed by atoms with Crippen molar-refractivity contribution < 1.29 is 10.2 Å². The van der Waals surface area contributed by atoms with Crippen molar-refractivity contribution in [2.24, 2.45) is 0 Å². The molecule has 3 N–H and O–H groups in total. The molecule has 17 heavy (non-hydrogen) atoms. The van der Waals surface area contributed by atoms with Crippen molar-refractivity contribution in [2.75, 3.05) is 18.5 Å². The molecule has 0 bridgehead atoms. The van der Waals surface area contributed by atoms with E-state index >= 15 is 0 Å². The molecule has 1 heterocycles. The van der Waals surface area contributed by atoms with Crippen LogP contribution in [-0.2, 0) is 0 Å². The average Bonchev–Trinajstić information content (AvgIpc) is 2.26. The summed E-state index contributed by atoms with van der Waals surface area (Å²) >= 11 is 0. The first-order valence-corrected chi connectivity index (χ1v) is 5.77. The molecule has 1 atom stereocenters. The number of anilines is 1. The number of aryl methyl sites for hydroxylation is 1. The Bertz CT molecular complexity index is 378. The van der Waals surface area contributed by atoms with Crippen LogP contribution < -0.4 is 5.32 Å². The van der Waals surface area contributed by atoms with E-state index in [4.69, 9.17) is 5.11 Å². The minimum Gasteiger partial charge on any atom is -0.393 e. The van der Waals surface area contributed by atoms with Crippen LogP contribution in [0.2, 0.25) is 0 Å². The maximum absolute atomic E-state index is 9.68. The number of hydrogen-bond donors (Lipinski definition) is 3. The van der Waals surface area contributed by atoms with E-state index in [1.807, 2.05) is 26.8 Å². The van der Waals surface area contributed by atoms with E-state index in [9.17, 15) is 5.11 Å². The molecule has 5 heteroatoms. The predicted molar refractivity (Wildman–Crippen MR) is 67.1 cm³/mol. The van der Waals surface area contributed by atoms with Gasteiger partial charge in [-0.2, -0.15) is 0 Å². The highest BCUT2D eigenvalue weighted by atomic mass is 16.3. The minimum absolute atomic E-state index is 0.248. The Kier molecular flexibility index (Phi) is 4.42. The van der Waals surface area contributed by atoms with Gasteiger partial charge in [0.15, 0.2) is 0 Å². The van der Waals surface area contributed by atoms with Crippen LogP contribution >= 0.6 is 0 Å². The molecule has 96 valence electrons. The molecule has 0 fully saturated rings. The molecular formula is C12H21N3O2. The second-order valence-corrected chi connectivity index (χ2v) is 4.92. The van der Waals surface area contributed by atoms with Gasteiger partial charge >= 0.3 is 0 Å². The molecule has 0 aliphatic heterocycles. The van der Waals surface area contributed by atoms with E-state index in [1.165, 1.54) is 0 Å². The number of aliphatic hydroxyl groups is 2. The van der Waals surface area contributed by atoms with Crippen LogP contribution in [0.4, 0.5) is 5.82 Å². The lowest BCUT2D eigenvalue weighted by Crippen LogP contribution is -2.37. The molecule has 0 saturated carbocycles. The lowest BCUT2D eigenvalue weighted by atomic mass is 10.1. The standard InChI is InChI=1S/C12H21N3O2/c1-8(2)11-14-9(3)5-10(15-11)13-6-12(4,17)7-16/h5,8,16-17H,6-7H2,1-4H3,(H,13,14,15). The van der Waals surface area contributed by atoms with E-state index in [0.717, 1.165) is 11.5 Å². The Balaban J connectivity index is 2.78. The fraction of sp³-hybridized carbons (Fsp3) is 0.667. The Labute approximate surface area is 102 Å². The van der Waals surface area contributed by atoms with Gasteiger partial charge in [0, 0.05) is 24.2 Å². The summed E-state index contributed by atoms with van der Waals surface area (Å²) in [5.41, 5.74) is -0.258. The summed E-state index contributed by atoms with van der Waals surface area (Å²) in [5.74, 6) is 1.71. The van der Waals surface area contributed by atoms with Crippen molar-refractivity contribution >= 4 is 5.82 Å². The predicted octanol–water partition coefficient (Wildman–Crippen LogP) is 1.06. The van der Waals surface area contributed by atoms with E-state index in [1.54, 1.807) is 6.92 Å². The molecule has 0 radical (unpaired) electrons. The van der Waals surface area contributed by atoms with Gasteiger partial charge < -0.3 is 15.5 Å². The summed E-state index contributed by atoms with van der Waals surface area (Å²) in [7, 11) is 0. The zero-order chi connectivity index (χ0) is 13.1. The van der Waals surface area contributed by atoms with Gasteiger partial charge in [-0.15, -0.1) is 0 Å². The summed E-state index contributed by atoms with van der Waals surface area (Å²) in [5, 5.41) is 21.6. The highest BCUT2D eigenvalue weighted by Gasteiger charge is 2.18. The first-order valence-electron chi connectivity index (χ1n) is 5.77. The van der Waals surface area contributed by atoms with E-state index in [2.05, 4.69) is 15.3 Å². The van der Waals surface area contributed by atoms with Crippen LogP contribution in [0, 0.1) is 6.92 Å². The molecular weight excluding hydrogens is 218 g/mol. The Hall–Kier alpha value is -1.20. The average molecular weight is 239 g/mol. The monoisotopic (exact) mass is 239 g/mol. The molecule has 1 aromatic rings. The number of nitrogens with zero attached hydrogens (tertiary/aromatic N) is 2. The second-order valence-electron chi connectivity index (χ2n) is 4.92. The van der Waals surface area contributed by atoms with Crippen LogP contribution in [0.5, 0.6) is 0 Å². The van der Waals surface area contributed by atoms with Crippen LogP contribution in [0.3, 0.4) is 0 Å². The number of aliphatic hydroxyl groups excluding tert-OH is 1. The van der Waals surface area contributed by atoms with E-state index < -0.39 is 5.60 Å². The maximum atomic E-state index is 9.68. The van der Waals surface area contributed by atoms with Crippen molar-refractivity contribution in [1.29, 1.82) is 0 Å². The summed E-state index contributed by atoms with van der Waals surface area (Å²) < 4.78 is 0. The molecule has 1 rings (SSSR count). The van der Waals surface area contributed by atoms with Crippen LogP contribution in [-0.4, -0.2) is 38.9 Å². The summed E-state index contributed by atoms with van der Waals surface area (Å²) in [6.45, 7) is 7.49. The molecule has 0 saturated heterocycles. The normalized spacial score (nSPS) is 14.8. The van der Waals surface area contributed by atoms with Crippen LogP contribution in [0.15, 0.2) is 6.07 Å². The Morgan fingerprint density at radius 1 is 1.41 bits per heavy atom. The molecule has 5 nitrogen and oxygen atoms in total. The van der Waals surface area contributed by atoms with Gasteiger partial charge in [-0.05, 0) is 13.8 Å². The van der Waals surface area contributed by atoms with Gasteiger partial charge in [0.05, 0.1) is 6.61 Å². The fourth-order valence-electron chi connectivity index (χ4n) is 1.28. The first-order chi connectivity index (χ1) is 7.84. The van der Waals surface area contributed by atoms with Crippen molar-refractivity contribution in [3.63, 3.8) is 0 Å². The lowest BCUT2D eigenvalue weighted by molar-refractivity contribution is 0.0131. The third-order valence-electron chi connectivity index (χ3n) is 2.38. The molecule has 1 aromatic heterocycles. The smallest absolute Gasteiger partial charge is 0.133 e. The number of aromatic nitrogens is 2. The van der Waals surface area contributed by atoms with Crippen molar-refractivity contribution in [2.45, 2.75) is 39.2 Å². The number of hydrogen-bond acceptors (Lipinski definition) is 5. The maximum Gasteiger partial charge on any atom is 0.133 e. The summed E-state index contributed by atoms with van der Waals surface area (Å²) in [4.78, 5) is 8.69. The van der Waals surface area contributed by atoms with Gasteiger partial charge in [0.2, 0.25) is 0 Å². The molecule has 0 amide bonds. The van der Waals surface area contributed by atoms with Crippen molar-refractivity contribution in [3.8, 4) is 0 Å². The molecule has 1 unspecified atom stereocenters. The minimum atomic E-state index is -1.14. The van der Waals surface area contributed by atoms with E-state index in [-0.39, 0.29) is 19.1 Å². The van der Waals surface area contributed by atoms with Gasteiger partial charge in [-0.1, -0.05) is 13.8 Å². The highest BCUT2D eigenvalue weighted by molar-refractivity contribution is 5.36. The van der Waals surface area contributed by atoms with Gasteiger partial charge in [-0.3, -0.25) is 0 Å². The molecule has 0 aliphatic carbocycles. The van der Waals surface area contributed by atoms with E-state index in [0.29, 0.717) is 5.82 Å². The SMILES string of the molecule is Cc1cc(NCC(C)(O)CO)nc(C(C)C)n1. The first kappa shape index (κ1) is 13.9. The zero-order valence-corrected chi connectivity index (χ0v) is 10.9. The largest absolute Gasteiger partial charge is 0.393 e. The second kappa shape index (κ2) is 5.42. The quantitative estimate of drug-likeness (QED) is 0.716. The van der Waals surface area contributed by atoms with Gasteiger partial charge in [0.25, 0.3) is 0 Å². The third kappa shape index (κ3) is 4.28. The molecule has 0 aromatic carbocycles. The molecule has 0 aliphatic rings. The lowest BCUT2D eigenvalue weighted by Gasteiger charge is -2.21. The van der Waals surface area contributed by atoms with Gasteiger partial charge in [0.1, 0.15) is 17.2 Å². The van der Waals surface area contributed by atoms with Crippen LogP contribution in [0.25, 0.3) is 0 Å². The molecule has 0 spiro atoms. The summed E-state index contributed by atoms with van der Waals surface area (Å²) in [6.07, 6.45) is 0. The van der Waals surface area contributed by atoms with Crippen molar-refractivity contribution in [3.05, 3.63) is 17.6 Å². The van der Waals surface area contributed by atoms with Gasteiger partial charge in [-0.25, -0.2) is 9.97 Å². The number of nitrogens with one attached hydrogen (secondary N) is 1. The highest BCUT2D eigenvalue weighted by Crippen LogP contribution is 2.14. The third-order valence-corrected chi connectivity index (χ3v) is 2.38.